The Balaban J connectivity index is 1.94. The molecule has 1 aliphatic carbocycles. The van der Waals surface area contributed by atoms with Gasteiger partial charge in [0.2, 0.25) is 5.91 Å². The molecule has 14 heavy (non-hydrogen) atoms. The largest absolute Gasteiger partial charge is 0.372 e. The smallest absolute Gasteiger partial charge is 0.227 e. The molecule has 1 aliphatic heterocycles. The van der Waals surface area contributed by atoms with Crippen molar-refractivity contribution < 1.29 is 9.53 Å². The van der Waals surface area contributed by atoms with Crippen molar-refractivity contribution in [2.75, 3.05) is 19.7 Å². The molecule has 1 heterocycles. The van der Waals surface area contributed by atoms with E-state index in [1.54, 1.807) is 0 Å². The third-order valence-corrected chi connectivity index (χ3v) is 2.89. The van der Waals surface area contributed by atoms with Gasteiger partial charge in [0.25, 0.3) is 0 Å². The maximum Gasteiger partial charge on any atom is 0.227 e. The van der Waals surface area contributed by atoms with Crippen LogP contribution in [0.3, 0.4) is 0 Å². The fourth-order valence-corrected chi connectivity index (χ4v) is 1.94. The van der Waals surface area contributed by atoms with Crippen molar-refractivity contribution in [3.63, 3.8) is 0 Å². The summed E-state index contributed by atoms with van der Waals surface area (Å²) < 4.78 is 5.55. The Hall–Kier alpha value is -0.610. The first-order valence-corrected chi connectivity index (χ1v) is 5.18. The van der Waals surface area contributed by atoms with Crippen LogP contribution < -0.4 is 5.73 Å². The zero-order valence-corrected chi connectivity index (χ0v) is 8.82. The molecule has 2 N–H and O–H groups in total. The summed E-state index contributed by atoms with van der Waals surface area (Å²) in [7, 11) is 0. The Morgan fingerprint density at radius 1 is 1.57 bits per heavy atom. The summed E-state index contributed by atoms with van der Waals surface area (Å²) in [5, 5.41) is 0. The van der Waals surface area contributed by atoms with Crippen LogP contribution in [0, 0.1) is 5.92 Å². The molecule has 1 amide bonds. The van der Waals surface area contributed by atoms with Gasteiger partial charge in [-0.1, -0.05) is 0 Å². The molecular formula is C10H18N2O2. The number of hydrogen-bond donors (Lipinski definition) is 1. The number of morpholine rings is 1. The summed E-state index contributed by atoms with van der Waals surface area (Å²) in [6, 6.07) is 0.105. The average molecular weight is 198 g/mol. The Morgan fingerprint density at radius 2 is 2.21 bits per heavy atom. The maximum absolute atomic E-state index is 11.8. The van der Waals surface area contributed by atoms with Gasteiger partial charge in [-0.25, -0.2) is 0 Å². The second kappa shape index (κ2) is 3.21. The van der Waals surface area contributed by atoms with Gasteiger partial charge in [0, 0.05) is 19.1 Å². The van der Waals surface area contributed by atoms with Crippen LogP contribution in [-0.4, -0.2) is 42.1 Å². The van der Waals surface area contributed by atoms with Crippen LogP contribution in [0.2, 0.25) is 0 Å². The van der Waals surface area contributed by atoms with Gasteiger partial charge in [0.05, 0.1) is 18.1 Å². The normalized spacial score (nSPS) is 35.5. The lowest BCUT2D eigenvalue weighted by atomic mass is 10.1. The van der Waals surface area contributed by atoms with E-state index < -0.39 is 0 Å². The molecule has 4 heteroatoms. The zero-order chi connectivity index (χ0) is 10.3. The third-order valence-electron chi connectivity index (χ3n) is 2.89. The molecule has 2 fully saturated rings. The van der Waals surface area contributed by atoms with Gasteiger partial charge in [-0.05, 0) is 20.3 Å². The van der Waals surface area contributed by atoms with E-state index in [0.29, 0.717) is 19.7 Å². The second-order valence-electron chi connectivity index (χ2n) is 4.87. The van der Waals surface area contributed by atoms with Gasteiger partial charge in [0.15, 0.2) is 0 Å². The van der Waals surface area contributed by atoms with Gasteiger partial charge in [-0.3, -0.25) is 4.79 Å². The highest BCUT2D eigenvalue weighted by molar-refractivity contribution is 5.82. The van der Waals surface area contributed by atoms with Crippen LogP contribution in [-0.2, 0) is 9.53 Å². The molecule has 2 unspecified atom stereocenters. The number of carbonyl (C=O) groups excluding carboxylic acids is 1. The van der Waals surface area contributed by atoms with E-state index in [4.69, 9.17) is 10.5 Å². The van der Waals surface area contributed by atoms with Crippen molar-refractivity contribution in [2.45, 2.75) is 31.9 Å². The Bertz CT molecular complexity index is 253. The molecule has 1 saturated carbocycles. The molecule has 1 saturated heterocycles. The van der Waals surface area contributed by atoms with Crippen molar-refractivity contribution in [3.8, 4) is 0 Å². The van der Waals surface area contributed by atoms with Gasteiger partial charge >= 0.3 is 0 Å². The van der Waals surface area contributed by atoms with E-state index in [0.717, 1.165) is 6.42 Å². The Morgan fingerprint density at radius 3 is 2.71 bits per heavy atom. The van der Waals surface area contributed by atoms with Gasteiger partial charge < -0.3 is 15.4 Å². The first kappa shape index (κ1) is 9.93. The molecule has 2 rings (SSSR count). The topological polar surface area (TPSA) is 55.6 Å². The molecule has 0 bridgehead atoms. The quantitative estimate of drug-likeness (QED) is 0.644. The monoisotopic (exact) mass is 198 g/mol. The Labute approximate surface area is 84.4 Å². The number of ether oxygens (including phenoxy) is 1. The molecule has 0 aromatic rings. The highest BCUT2D eigenvalue weighted by Crippen LogP contribution is 2.31. The van der Waals surface area contributed by atoms with Crippen LogP contribution in [0.1, 0.15) is 20.3 Å². The van der Waals surface area contributed by atoms with Crippen LogP contribution in [0.25, 0.3) is 0 Å². The van der Waals surface area contributed by atoms with E-state index in [9.17, 15) is 4.79 Å². The van der Waals surface area contributed by atoms with E-state index >= 15 is 0 Å². The zero-order valence-electron chi connectivity index (χ0n) is 8.82. The van der Waals surface area contributed by atoms with Crippen molar-refractivity contribution in [1.82, 2.24) is 4.90 Å². The van der Waals surface area contributed by atoms with Crippen LogP contribution in [0.15, 0.2) is 0 Å². The molecule has 0 aromatic heterocycles. The molecule has 2 aliphatic rings. The second-order valence-corrected chi connectivity index (χ2v) is 4.87. The molecular weight excluding hydrogens is 180 g/mol. The van der Waals surface area contributed by atoms with Crippen molar-refractivity contribution in [1.29, 1.82) is 0 Å². The van der Waals surface area contributed by atoms with E-state index in [-0.39, 0.29) is 23.5 Å². The predicted molar refractivity (Wildman–Crippen MR) is 52.7 cm³/mol. The summed E-state index contributed by atoms with van der Waals surface area (Å²) in [6.07, 6.45) is 0.858. The first-order valence-electron chi connectivity index (χ1n) is 5.18. The SMILES string of the molecule is CC1(C)CN(C(=O)C2CC2N)CCO1. The lowest BCUT2D eigenvalue weighted by molar-refractivity contribution is -0.147. The number of amides is 1. The van der Waals surface area contributed by atoms with Crippen LogP contribution in [0.4, 0.5) is 0 Å². The minimum Gasteiger partial charge on any atom is -0.372 e. The summed E-state index contributed by atoms with van der Waals surface area (Å²) in [6.45, 7) is 6.07. The number of rotatable bonds is 1. The lowest BCUT2D eigenvalue weighted by Crippen LogP contribution is -2.51. The number of nitrogens with two attached hydrogens (primary N) is 1. The van der Waals surface area contributed by atoms with Crippen molar-refractivity contribution >= 4 is 5.91 Å². The lowest BCUT2D eigenvalue weighted by Gasteiger charge is -2.38. The first-order chi connectivity index (χ1) is 6.49. The summed E-state index contributed by atoms with van der Waals surface area (Å²) >= 11 is 0. The van der Waals surface area contributed by atoms with Crippen molar-refractivity contribution in [2.24, 2.45) is 11.7 Å². The van der Waals surface area contributed by atoms with E-state index in [1.165, 1.54) is 0 Å². The van der Waals surface area contributed by atoms with Gasteiger partial charge in [-0.2, -0.15) is 0 Å². The summed E-state index contributed by atoms with van der Waals surface area (Å²) in [5.41, 5.74) is 5.46. The van der Waals surface area contributed by atoms with Gasteiger partial charge in [-0.15, -0.1) is 0 Å². The molecule has 0 spiro atoms. The maximum atomic E-state index is 11.8. The molecule has 4 nitrogen and oxygen atoms in total. The molecule has 80 valence electrons. The van der Waals surface area contributed by atoms with Gasteiger partial charge in [0.1, 0.15) is 0 Å². The fraction of sp³-hybridized carbons (Fsp3) is 0.900. The predicted octanol–water partition coefficient (Wildman–Crippen LogP) is -0.0290. The molecule has 0 aromatic carbocycles. The molecule has 0 radical (unpaired) electrons. The number of carbonyl (C=O) groups is 1. The van der Waals surface area contributed by atoms with E-state index in [1.807, 2.05) is 18.7 Å². The summed E-state index contributed by atoms with van der Waals surface area (Å²) in [4.78, 5) is 13.7. The fourth-order valence-electron chi connectivity index (χ4n) is 1.94. The minimum absolute atomic E-state index is 0.0869. The standard InChI is InChI=1S/C10H18N2O2/c1-10(2)6-12(3-4-14-10)9(13)7-5-8(7)11/h7-8H,3-6,11H2,1-2H3. The van der Waals surface area contributed by atoms with Crippen LogP contribution >= 0.6 is 0 Å². The van der Waals surface area contributed by atoms with Crippen LogP contribution in [0.5, 0.6) is 0 Å². The Kier molecular flexibility index (Phi) is 2.27. The summed E-state index contributed by atoms with van der Waals surface area (Å²) in [5.74, 6) is 0.303. The number of nitrogens with zero attached hydrogens (tertiary/aromatic N) is 1. The minimum atomic E-state index is -0.201. The highest BCUT2D eigenvalue weighted by Gasteiger charge is 2.44. The van der Waals surface area contributed by atoms with E-state index in [2.05, 4.69) is 0 Å². The highest BCUT2D eigenvalue weighted by atomic mass is 16.5. The number of hydrogen-bond acceptors (Lipinski definition) is 3. The third kappa shape index (κ3) is 1.91. The molecule has 2 atom stereocenters. The average Bonchev–Trinajstić information content (AvgIpc) is 2.79. The van der Waals surface area contributed by atoms with Crippen molar-refractivity contribution in [3.05, 3.63) is 0 Å².